The van der Waals surface area contributed by atoms with Crippen LogP contribution in [0.15, 0.2) is 60.9 Å². The van der Waals surface area contributed by atoms with E-state index in [1.165, 1.54) is 0 Å². The van der Waals surface area contributed by atoms with Gasteiger partial charge in [0.2, 0.25) is 5.90 Å². The number of aryl methyl sites for hydroxylation is 1. The number of amidine groups is 1. The Morgan fingerprint density at radius 1 is 1.07 bits per heavy atom. The molecule has 0 bridgehead atoms. The third-order valence-electron chi connectivity index (χ3n) is 4.47. The minimum Gasteiger partial charge on any atom is -0.407 e. The highest BCUT2D eigenvalue weighted by atomic mass is 16.5. The summed E-state index contributed by atoms with van der Waals surface area (Å²) in [6, 6.07) is 14.8. The Kier molecular flexibility index (Phi) is 4.33. The normalized spacial score (nSPS) is 10.8. The van der Waals surface area contributed by atoms with Crippen molar-refractivity contribution in [2.45, 2.75) is 6.92 Å². The van der Waals surface area contributed by atoms with Crippen molar-refractivity contribution in [2.24, 2.45) is 5.73 Å². The minimum absolute atomic E-state index is 0.184. The molecule has 7 nitrogen and oxygen atoms in total. The molecule has 0 aliphatic rings. The van der Waals surface area contributed by atoms with Crippen molar-refractivity contribution in [2.75, 3.05) is 0 Å². The molecule has 138 valence electrons. The van der Waals surface area contributed by atoms with Gasteiger partial charge in [-0.25, -0.2) is 9.97 Å². The number of nitrogens with zero attached hydrogens (tertiary/aromatic N) is 2. The van der Waals surface area contributed by atoms with E-state index in [0.717, 1.165) is 33.3 Å². The largest absolute Gasteiger partial charge is 0.407 e. The van der Waals surface area contributed by atoms with E-state index in [1.54, 1.807) is 18.3 Å². The molecule has 2 heterocycles. The summed E-state index contributed by atoms with van der Waals surface area (Å²) in [7, 11) is 0. The Balaban J connectivity index is 1.79. The number of H-pyrrole nitrogens is 1. The van der Waals surface area contributed by atoms with E-state index in [2.05, 4.69) is 23.0 Å². The molecule has 0 amide bonds. The van der Waals surface area contributed by atoms with Gasteiger partial charge >= 0.3 is 0 Å². The number of benzene rings is 2. The number of fused-ring (bicyclic) bond motifs is 1. The number of nitrogens with one attached hydrogen (secondary N) is 3. The zero-order chi connectivity index (χ0) is 19.7. The molecule has 0 unspecified atom stereocenters. The monoisotopic (exact) mass is 370 g/mol. The van der Waals surface area contributed by atoms with Crippen LogP contribution < -0.4 is 5.73 Å². The molecular weight excluding hydrogens is 352 g/mol. The topological polar surface area (TPSA) is 125 Å². The maximum atomic E-state index is 7.95. The second-order valence-electron chi connectivity index (χ2n) is 6.34. The fourth-order valence-electron chi connectivity index (χ4n) is 3.11. The smallest absolute Gasteiger partial charge is 0.285 e. The lowest BCUT2D eigenvalue weighted by Gasteiger charge is -2.07. The summed E-state index contributed by atoms with van der Waals surface area (Å²) in [6.07, 6.45) is 3.59. The Labute approximate surface area is 161 Å². The van der Waals surface area contributed by atoms with Gasteiger partial charge in [-0.1, -0.05) is 24.3 Å². The molecular formula is C21H18N6O. The van der Waals surface area contributed by atoms with Crippen LogP contribution in [0, 0.1) is 17.7 Å². The number of hydrogen-bond donors (Lipinski definition) is 4. The molecule has 0 aliphatic carbocycles. The van der Waals surface area contributed by atoms with Crippen molar-refractivity contribution in [1.29, 1.82) is 10.8 Å². The van der Waals surface area contributed by atoms with Crippen LogP contribution in [-0.2, 0) is 4.74 Å². The first-order chi connectivity index (χ1) is 13.5. The predicted molar refractivity (Wildman–Crippen MR) is 109 cm³/mol. The fourth-order valence-corrected chi connectivity index (χ4v) is 3.11. The van der Waals surface area contributed by atoms with E-state index >= 15 is 0 Å². The lowest BCUT2D eigenvalue weighted by molar-refractivity contribution is 0.527. The fraction of sp³-hybridized carbons (Fsp3) is 0.0476. The molecule has 0 spiro atoms. The minimum atomic E-state index is -0.520. The Morgan fingerprint density at radius 2 is 1.89 bits per heavy atom. The quantitative estimate of drug-likeness (QED) is 0.323. The van der Waals surface area contributed by atoms with Gasteiger partial charge in [0.05, 0.1) is 5.69 Å². The van der Waals surface area contributed by atoms with E-state index in [-0.39, 0.29) is 5.90 Å². The molecule has 0 aliphatic heterocycles. The van der Waals surface area contributed by atoms with Crippen molar-refractivity contribution in [1.82, 2.24) is 15.0 Å². The molecule has 28 heavy (non-hydrogen) atoms. The first-order valence-electron chi connectivity index (χ1n) is 8.64. The Bertz CT molecular complexity index is 1210. The number of rotatable bonds is 3. The summed E-state index contributed by atoms with van der Waals surface area (Å²) < 4.78 is 4.90. The van der Waals surface area contributed by atoms with Crippen molar-refractivity contribution >= 4 is 22.8 Å². The van der Waals surface area contributed by atoms with Gasteiger partial charge in [-0.15, -0.1) is 0 Å². The number of nitrogens with two attached hydrogens (primary N) is 1. The molecule has 0 saturated carbocycles. The van der Waals surface area contributed by atoms with Crippen LogP contribution in [0.2, 0.25) is 0 Å². The second kappa shape index (κ2) is 6.96. The Morgan fingerprint density at radius 3 is 2.68 bits per heavy atom. The van der Waals surface area contributed by atoms with E-state index < -0.39 is 6.02 Å². The molecule has 0 atom stereocenters. The zero-order valence-corrected chi connectivity index (χ0v) is 15.2. The SMILES string of the molecule is Cc1ccccc1-c1ccnc(-c2c[nH]c3ccc(C(=N)OC(=N)N)cc23)n1. The average molecular weight is 370 g/mol. The third kappa shape index (κ3) is 3.21. The van der Waals surface area contributed by atoms with Crippen molar-refractivity contribution in [3.63, 3.8) is 0 Å². The van der Waals surface area contributed by atoms with Crippen LogP contribution in [0.3, 0.4) is 0 Å². The maximum absolute atomic E-state index is 7.95. The molecule has 2 aromatic carbocycles. The summed E-state index contributed by atoms with van der Waals surface area (Å²) in [5.41, 5.74) is 10.5. The van der Waals surface area contributed by atoms with Gasteiger partial charge < -0.3 is 15.5 Å². The summed E-state index contributed by atoms with van der Waals surface area (Å²) in [5.74, 6) is 0.402. The lowest BCUT2D eigenvalue weighted by Crippen LogP contribution is -2.19. The first kappa shape index (κ1) is 17.4. The van der Waals surface area contributed by atoms with Gasteiger partial charge in [0.25, 0.3) is 6.02 Å². The first-order valence-corrected chi connectivity index (χ1v) is 8.64. The van der Waals surface area contributed by atoms with E-state index in [0.29, 0.717) is 11.4 Å². The van der Waals surface area contributed by atoms with Crippen LogP contribution in [0.1, 0.15) is 11.1 Å². The van der Waals surface area contributed by atoms with Crippen LogP contribution in [0.5, 0.6) is 0 Å². The number of hydrogen-bond acceptors (Lipinski definition) is 5. The number of aromatic nitrogens is 3. The van der Waals surface area contributed by atoms with E-state index in [1.807, 2.05) is 36.5 Å². The molecule has 0 fully saturated rings. The highest BCUT2D eigenvalue weighted by Crippen LogP contribution is 2.29. The predicted octanol–water partition coefficient (Wildman–Crippen LogP) is 3.84. The van der Waals surface area contributed by atoms with Gasteiger partial charge in [-0.05, 0) is 36.8 Å². The highest BCUT2D eigenvalue weighted by Gasteiger charge is 2.13. The summed E-state index contributed by atoms with van der Waals surface area (Å²) in [5, 5.41) is 16.0. The molecule has 0 radical (unpaired) electrons. The molecule has 0 saturated heterocycles. The second-order valence-corrected chi connectivity index (χ2v) is 6.34. The van der Waals surface area contributed by atoms with Gasteiger partial charge in [-0.2, -0.15) is 0 Å². The number of aromatic amines is 1. The van der Waals surface area contributed by atoms with E-state index in [4.69, 9.17) is 26.3 Å². The van der Waals surface area contributed by atoms with Gasteiger partial charge in [-0.3, -0.25) is 10.8 Å². The average Bonchev–Trinajstić information content (AvgIpc) is 3.11. The van der Waals surface area contributed by atoms with Gasteiger partial charge in [0.15, 0.2) is 5.82 Å². The third-order valence-corrected chi connectivity index (χ3v) is 4.47. The molecule has 2 aromatic heterocycles. The summed E-state index contributed by atoms with van der Waals surface area (Å²) in [4.78, 5) is 12.4. The summed E-state index contributed by atoms with van der Waals surface area (Å²) >= 11 is 0. The van der Waals surface area contributed by atoms with Crippen LogP contribution >= 0.6 is 0 Å². The molecule has 5 N–H and O–H groups in total. The maximum Gasteiger partial charge on any atom is 0.285 e. The van der Waals surface area contributed by atoms with Crippen molar-refractivity contribution < 1.29 is 4.74 Å². The molecule has 7 heteroatoms. The van der Waals surface area contributed by atoms with Crippen LogP contribution in [0.4, 0.5) is 0 Å². The highest BCUT2D eigenvalue weighted by molar-refractivity contribution is 6.03. The van der Waals surface area contributed by atoms with Crippen LogP contribution in [-0.4, -0.2) is 26.9 Å². The van der Waals surface area contributed by atoms with Crippen molar-refractivity contribution in [3.8, 4) is 22.6 Å². The van der Waals surface area contributed by atoms with Crippen molar-refractivity contribution in [3.05, 3.63) is 72.1 Å². The molecule has 4 aromatic rings. The zero-order valence-electron chi connectivity index (χ0n) is 15.2. The van der Waals surface area contributed by atoms with Gasteiger partial charge in [0, 0.05) is 40.0 Å². The van der Waals surface area contributed by atoms with Crippen LogP contribution in [0.25, 0.3) is 33.5 Å². The standard InChI is InChI=1S/C21H18N6O/c1-12-4-2-3-5-14(12)18-8-9-25-20(27-18)16-11-26-17-7-6-13(10-15(16)17)19(22)28-21(23)24/h2-11,22,26H,1H3,(H3,23,24). The van der Waals surface area contributed by atoms with E-state index in [9.17, 15) is 0 Å². The number of ether oxygens (including phenoxy) is 1. The Hall–Kier alpha value is -4.00. The van der Waals surface area contributed by atoms with Gasteiger partial charge in [0.1, 0.15) is 0 Å². The lowest BCUT2D eigenvalue weighted by atomic mass is 10.1. The molecule has 4 rings (SSSR count). The summed E-state index contributed by atoms with van der Waals surface area (Å²) in [6.45, 7) is 2.05.